The molecule has 0 radical (unpaired) electrons. The van der Waals surface area contributed by atoms with E-state index in [9.17, 15) is 23.2 Å². The van der Waals surface area contributed by atoms with Crippen LogP contribution in [-0.2, 0) is 9.59 Å². The van der Waals surface area contributed by atoms with Crippen LogP contribution in [0.25, 0.3) is 0 Å². The minimum absolute atomic E-state index is 0.0318. The molecule has 114 valence electrons. The van der Waals surface area contributed by atoms with E-state index in [0.717, 1.165) is 23.1 Å². The summed E-state index contributed by atoms with van der Waals surface area (Å²) < 4.78 is 25.7. The molecule has 5 nitrogen and oxygen atoms in total. The van der Waals surface area contributed by atoms with Crippen molar-refractivity contribution in [1.82, 2.24) is 4.90 Å². The molecule has 0 aromatic heterocycles. The standard InChI is InChI=1S/C14H15F2NO4/c1-8(14(20)21)17(2)13(19)6-5-12(18)9-3-4-10(15)11(16)7-9/h3-4,7-8H,5-6H2,1-2H3,(H,20,21). The Morgan fingerprint density at radius 2 is 1.81 bits per heavy atom. The summed E-state index contributed by atoms with van der Waals surface area (Å²) in [6.45, 7) is 1.34. The second kappa shape index (κ2) is 6.92. The SMILES string of the molecule is CC(C(=O)O)N(C)C(=O)CCC(=O)c1ccc(F)c(F)c1. The molecule has 0 saturated carbocycles. The van der Waals surface area contributed by atoms with E-state index < -0.39 is 35.3 Å². The Kier molecular flexibility index (Phi) is 5.52. The molecular weight excluding hydrogens is 284 g/mol. The van der Waals surface area contributed by atoms with Gasteiger partial charge >= 0.3 is 5.97 Å². The fourth-order valence-electron chi connectivity index (χ4n) is 1.59. The van der Waals surface area contributed by atoms with Crippen LogP contribution >= 0.6 is 0 Å². The topological polar surface area (TPSA) is 74.7 Å². The van der Waals surface area contributed by atoms with Gasteiger partial charge in [-0.1, -0.05) is 0 Å². The maximum atomic E-state index is 13.0. The number of hydrogen-bond donors (Lipinski definition) is 1. The van der Waals surface area contributed by atoms with Crippen LogP contribution in [0.5, 0.6) is 0 Å². The van der Waals surface area contributed by atoms with Gasteiger partial charge in [0.1, 0.15) is 6.04 Å². The maximum absolute atomic E-state index is 13.0. The fraction of sp³-hybridized carbons (Fsp3) is 0.357. The first-order valence-corrected chi connectivity index (χ1v) is 6.20. The van der Waals surface area contributed by atoms with Crippen molar-refractivity contribution in [3.8, 4) is 0 Å². The van der Waals surface area contributed by atoms with Crippen molar-refractivity contribution in [3.05, 3.63) is 35.4 Å². The van der Waals surface area contributed by atoms with E-state index in [1.54, 1.807) is 0 Å². The highest BCUT2D eigenvalue weighted by Gasteiger charge is 2.22. The molecule has 0 aliphatic heterocycles. The Hall–Kier alpha value is -2.31. The van der Waals surface area contributed by atoms with Crippen molar-refractivity contribution in [2.45, 2.75) is 25.8 Å². The molecule has 21 heavy (non-hydrogen) atoms. The van der Waals surface area contributed by atoms with Crippen molar-refractivity contribution >= 4 is 17.7 Å². The van der Waals surface area contributed by atoms with Gasteiger partial charge in [-0.3, -0.25) is 9.59 Å². The number of rotatable bonds is 6. The smallest absolute Gasteiger partial charge is 0.326 e. The highest BCUT2D eigenvalue weighted by molar-refractivity contribution is 5.98. The Morgan fingerprint density at radius 3 is 2.33 bits per heavy atom. The highest BCUT2D eigenvalue weighted by Crippen LogP contribution is 2.12. The van der Waals surface area contributed by atoms with Gasteiger partial charge < -0.3 is 10.0 Å². The molecule has 0 aliphatic carbocycles. The molecule has 1 aromatic carbocycles. The number of benzene rings is 1. The number of Topliss-reactive ketones (excluding diaryl/α,β-unsaturated/α-hetero) is 1. The summed E-state index contributed by atoms with van der Waals surface area (Å²) in [7, 11) is 1.32. The number of likely N-dealkylation sites (N-methyl/N-ethyl adjacent to an activating group) is 1. The molecule has 1 N–H and O–H groups in total. The third-order valence-corrected chi connectivity index (χ3v) is 3.14. The van der Waals surface area contributed by atoms with Crippen molar-refractivity contribution in [1.29, 1.82) is 0 Å². The lowest BCUT2D eigenvalue weighted by molar-refractivity contribution is -0.148. The van der Waals surface area contributed by atoms with Gasteiger partial charge in [-0.2, -0.15) is 0 Å². The number of carboxylic acid groups (broad SMARTS) is 1. The van der Waals surface area contributed by atoms with Gasteiger partial charge in [0.15, 0.2) is 17.4 Å². The lowest BCUT2D eigenvalue weighted by atomic mass is 10.1. The number of halogens is 2. The zero-order valence-corrected chi connectivity index (χ0v) is 11.6. The molecule has 0 aliphatic rings. The second-order valence-corrected chi connectivity index (χ2v) is 4.57. The number of nitrogens with zero attached hydrogens (tertiary/aromatic N) is 1. The molecule has 0 spiro atoms. The monoisotopic (exact) mass is 299 g/mol. The molecule has 0 heterocycles. The van der Waals surface area contributed by atoms with Gasteiger partial charge in [-0.05, 0) is 25.1 Å². The lowest BCUT2D eigenvalue weighted by Gasteiger charge is -2.21. The molecule has 0 fully saturated rings. The Labute approximate surface area is 120 Å². The minimum atomic E-state index is -1.15. The number of hydrogen-bond acceptors (Lipinski definition) is 3. The van der Waals surface area contributed by atoms with Crippen molar-refractivity contribution in [2.75, 3.05) is 7.05 Å². The zero-order chi connectivity index (χ0) is 16.2. The van der Waals surface area contributed by atoms with E-state index in [4.69, 9.17) is 5.11 Å². The average molecular weight is 299 g/mol. The highest BCUT2D eigenvalue weighted by atomic mass is 19.2. The Balaban J connectivity index is 2.62. The van der Waals surface area contributed by atoms with Gasteiger partial charge in [0.2, 0.25) is 5.91 Å². The zero-order valence-electron chi connectivity index (χ0n) is 11.6. The summed E-state index contributed by atoms with van der Waals surface area (Å²) in [6, 6.07) is 1.74. The van der Waals surface area contributed by atoms with Gasteiger partial charge in [0, 0.05) is 25.5 Å². The van der Waals surface area contributed by atoms with Crippen LogP contribution in [0.15, 0.2) is 18.2 Å². The predicted octanol–water partition coefficient (Wildman–Crippen LogP) is 1.86. The first-order valence-electron chi connectivity index (χ1n) is 6.20. The number of aliphatic carboxylic acids is 1. The molecular formula is C14H15F2NO4. The van der Waals surface area contributed by atoms with Gasteiger partial charge in [0.05, 0.1) is 0 Å². The minimum Gasteiger partial charge on any atom is -0.480 e. The van der Waals surface area contributed by atoms with E-state index in [0.29, 0.717) is 0 Å². The molecule has 1 atom stereocenters. The van der Waals surface area contributed by atoms with E-state index in [1.807, 2.05) is 0 Å². The van der Waals surface area contributed by atoms with Crippen LogP contribution in [0, 0.1) is 11.6 Å². The quantitative estimate of drug-likeness (QED) is 0.814. The van der Waals surface area contributed by atoms with Crippen molar-refractivity contribution < 1.29 is 28.3 Å². The summed E-state index contributed by atoms with van der Waals surface area (Å²) in [4.78, 5) is 35.2. The third-order valence-electron chi connectivity index (χ3n) is 3.14. The third kappa shape index (κ3) is 4.34. The number of carbonyl (C=O) groups excluding carboxylic acids is 2. The number of carbonyl (C=O) groups is 3. The van der Waals surface area contributed by atoms with E-state index >= 15 is 0 Å². The second-order valence-electron chi connectivity index (χ2n) is 4.57. The molecule has 0 bridgehead atoms. The molecule has 1 amide bonds. The average Bonchev–Trinajstić information content (AvgIpc) is 2.45. The van der Waals surface area contributed by atoms with Gasteiger partial charge in [-0.15, -0.1) is 0 Å². The van der Waals surface area contributed by atoms with Crippen molar-refractivity contribution in [2.24, 2.45) is 0 Å². The van der Waals surface area contributed by atoms with Crippen LogP contribution in [0.1, 0.15) is 30.1 Å². The van der Waals surface area contributed by atoms with E-state index in [1.165, 1.54) is 14.0 Å². The normalized spacial score (nSPS) is 11.8. The van der Waals surface area contributed by atoms with Crippen LogP contribution in [0.3, 0.4) is 0 Å². The molecule has 1 aromatic rings. The molecule has 1 rings (SSSR count). The van der Waals surface area contributed by atoms with E-state index in [-0.39, 0.29) is 18.4 Å². The molecule has 7 heteroatoms. The fourth-order valence-corrected chi connectivity index (χ4v) is 1.59. The Bertz CT molecular complexity index is 574. The van der Waals surface area contributed by atoms with Gasteiger partial charge in [0.25, 0.3) is 0 Å². The van der Waals surface area contributed by atoms with Crippen LogP contribution in [0.2, 0.25) is 0 Å². The van der Waals surface area contributed by atoms with E-state index in [2.05, 4.69) is 0 Å². The van der Waals surface area contributed by atoms with Gasteiger partial charge in [-0.25, -0.2) is 13.6 Å². The number of carboxylic acids is 1. The first-order chi connectivity index (χ1) is 9.73. The molecule has 0 saturated heterocycles. The Morgan fingerprint density at radius 1 is 1.19 bits per heavy atom. The summed E-state index contributed by atoms with van der Waals surface area (Å²) in [5, 5.41) is 8.78. The van der Waals surface area contributed by atoms with Crippen LogP contribution < -0.4 is 0 Å². The largest absolute Gasteiger partial charge is 0.480 e. The predicted molar refractivity (Wildman–Crippen MR) is 69.8 cm³/mol. The van der Waals surface area contributed by atoms with Crippen LogP contribution in [0.4, 0.5) is 8.78 Å². The van der Waals surface area contributed by atoms with Crippen molar-refractivity contribution in [3.63, 3.8) is 0 Å². The van der Waals surface area contributed by atoms with Crippen LogP contribution in [-0.4, -0.2) is 40.8 Å². The summed E-state index contributed by atoms with van der Waals surface area (Å²) in [5.41, 5.74) is -0.0318. The first kappa shape index (κ1) is 16.7. The summed E-state index contributed by atoms with van der Waals surface area (Å²) in [6.07, 6.45) is -0.410. The summed E-state index contributed by atoms with van der Waals surface area (Å²) in [5.74, 6) is -4.38. The number of amides is 1. The maximum Gasteiger partial charge on any atom is 0.326 e. The molecule has 1 unspecified atom stereocenters. The lowest BCUT2D eigenvalue weighted by Crippen LogP contribution is -2.40. The number of ketones is 1. The summed E-state index contributed by atoms with van der Waals surface area (Å²) >= 11 is 0.